The Hall–Kier alpha value is -3.29. The molecule has 0 spiro atoms. The summed E-state index contributed by atoms with van der Waals surface area (Å²) < 4.78 is 9.82. The molecule has 15 heteroatoms. The molecular formula is C38H39Cl4N7O2S2. The van der Waals surface area contributed by atoms with Crippen LogP contribution in [0.2, 0.25) is 20.1 Å². The highest BCUT2D eigenvalue weighted by molar-refractivity contribution is 7.99. The minimum Gasteiger partial charge on any atom is -0.368 e. The molecule has 1 unspecified atom stereocenters. The Morgan fingerprint density at radius 3 is 1.94 bits per heavy atom. The molecule has 6 rings (SSSR count). The van der Waals surface area contributed by atoms with Crippen molar-refractivity contribution in [3.8, 4) is 0 Å². The zero-order chi connectivity index (χ0) is 38.2. The van der Waals surface area contributed by atoms with Gasteiger partial charge in [0.1, 0.15) is 10.1 Å². The fraction of sp³-hybridized carbons (Fsp3) is 0.289. The Balaban J connectivity index is 0.000000204. The van der Waals surface area contributed by atoms with Crippen LogP contribution in [0.3, 0.4) is 0 Å². The number of halogens is 4. The predicted octanol–water partition coefficient (Wildman–Crippen LogP) is 11.3. The monoisotopic (exact) mass is 829 g/mol. The van der Waals surface area contributed by atoms with Gasteiger partial charge in [-0.2, -0.15) is 10.2 Å². The molecule has 2 aromatic carbocycles. The number of aryl methyl sites for hydroxylation is 2. The van der Waals surface area contributed by atoms with Gasteiger partial charge in [-0.25, -0.2) is 4.98 Å². The van der Waals surface area contributed by atoms with Crippen LogP contribution in [-0.2, 0) is 17.9 Å². The van der Waals surface area contributed by atoms with E-state index >= 15 is 0 Å². The number of H-pyrrole nitrogens is 1. The number of hydrogen-bond donors (Lipinski definition) is 1. The average Bonchev–Trinajstić information content (AvgIpc) is 3.59. The van der Waals surface area contributed by atoms with Gasteiger partial charge in [0.2, 0.25) is 0 Å². The van der Waals surface area contributed by atoms with Gasteiger partial charge in [-0.15, -0.1) is 0 Å². The smallest absolute Gasteiger partial charge is 0.253 e. The largest absolute Gasteiger partial charge is 0.368 e. The zero-order valence-corrected chi connectivity index (χ0v) is 34.6. The molecule has 0 aliphatic rings. The van der Waals surface area contributed by atoms with Crippen molar-refractivity contribution < 1.29 is 4.74 Å². The first-order chi connectivity index (χ1) is 25.3. The Labute approximate surface area is 337 Å². The van der Waals surface area contributed by atoms with Gasteiger partial charge in [-0.1, -0.05) is 83.8 Å². The maximum Gasteiger partial charge on any atom is 0.253 e. The van der Waals surface area contributed by atoms with Gasteiger partial charge in [0.15, 0.2) is 0 Å². The van der Waals surface area contributed by atoms with Crippen molar-refractivity contribution in [3.05, 3.63) is 138 Å². The number of hydrogen-bond acceptors (Lipinski definition) is 8. The third-order valence-corrected chi connectivity index (χ3v) is 10.9. The van der Waals surface area contributed by atoms with Crippen LogP contribution in [0.5, 0.6) is 0 Å². The fourth-order valence-electron chi connectivity index (χ4n) is 5.35. The summed E-state index contributed by atoms with van der Waals surface area (Å²) in [5.41, 5.74) is 4.91. The molecular weight excluding hydrogens is 792 g/mol. The van der Waals surface area contributed by atoms with Crippen molar-refractivity contribution in [3.63, 3.8) is 0 Å². The number of pyridine rings is 1. The molecule has 4 heterocycles. The first-order valence-electron chi connectivity index (χ1n) is 16.7. The van der Waals surface area contributed by atoms with E-state index in [0.29, 0.717) is 39.2 Å². The number of rotatable bonds is 12. The lowest BCUT2D eigenvalue weighted by Gasteiger charge is -2.22. The number of benzene rings is 2. The van der Waals surface area contributed by atoms with Crippen molar-refractivity contribution in [2.24, 2.45) is 5.92 Å². The van der Waals surface area contributed by atoms with E-state index in [1.54, 1.807) is 35.4 Å². The number of aromatic nitrogens is 7. The molecule has 0 aliphatic carbocycles. The lowest BCUT2D eigenvalue weighted by molar-refractivity contribution is 0.00775. The second kappa shape index (κ2) is 18.8. The molecule has 0 aliphatic heterocycles. The van der Waals surface area contributed by atoms with Gasteiger partial charge in [-0.05, 0) is 87.7 Å². The van der Waals surface area contributed by atoms with E-state index in [1.165, 1.54) is 35.8 Å². The third-order valence-electron chi connectivity index (χ3n) is 7.96. The van der Waals surface area contributed by atoms with Crippen LogP contribution in [-0.4, -0.2) is 34.5 Å². The summed E-state index contributed by atoms with van der Waals surface area (Å²) in [6, 6.07) is 16.5. The Bertz CT molecular complexity index is 2170. The summed E-state index contributed by atoms with van der Waals surface area (Å²) >= 11 is 27.6. The lowest BCUT2D eigenvalue weighted by Crippen LogP contribution is -2.19. The van der Waals surface area contributed by atoms with Crippen molar-refractivity contribution >= 4 is 69.9 Å². The highest BCUT2D eigenvalue weighted by Gasteiger charge is 2.21. The maximum absolute atomic E-state index is 12.1. The Morgan fingerprint density at radius 1 is 0.792 bits per heavy atom. The second-order valence-electron chi connectivity index (χ2n) is 12.8. The zero-order valence-electron chi connectivity index (χ0n) is 30.0. The van der Waals surface area contributed by atoms with E-state index in [4.69, 9.17) is 51.1 Å². The summed E-state index contributed by atoms with van der Waals surface area (Å²) in [6.07, 6.45) is 6.61. The van der Waals surface area contributed by atoms with Gasteiger partial charge in [-0.3, -0.25) is 24.1 Å². The quantitative estimate of drug-likeness (QED) is 0.130. The number of nitrogens with zero attached hydrogens (tertiary/aromatic N) is 6. The van der Waals surface area contributed by atoms with E-state index < -0.39 is 0 Å². The molecule has 0 amide bonds. The SMILES string of the molecule is Cc1[nH]nc(Sc2cc(Cl)cc(Cl)c2)c1COC(c1ccncc1)C(C)C.Cc1nn(C(C)C)c(Sc2cc(Cl)cc(Cl)c2)c1Cn1cnccc1=O. The summed E-state index contributed by atoms with van der Waals surface area (Å²) in [5.74, 6) is 0.336. The summed E-state index contributed by atoms with van der Waals surface area (Å²) in [4.78, 5) is 22.1. The van der Waals surface area contributed by atoms with Gasteiger partial charge >= 0.3 is 0 Å². The number of nitrogens with one attached hydrogen (secondary N) is 1. The molecule has 4 aromatic heterocycles. The molecule has 0 saturated carbocycles. The van der Waals surface area contributed by atoms with Gasteiger partial charge in [0.05, 0.1) is 31.3 Å². The van der Waals surface area contributed by atoms with Crippen molar-refractivity contribution in [1.82, 2.24) is 34.5 Å². The maximum atomic E-state index is 12.1. The van der Waals surface area contributed by atoms with Crippen molar-refractivity contribution in [2.75, 3.05) is 0 Å². The van der Waals surface area contributed by atoms with E-state index in [1.807, 2.05) is 54.9 Å². The predicted molar refractivity (Wildman–Crippen MR) is 216 cm³/mol. The van der Waals surface area contributed by atoms with Crippen LogP contribution in [0.15, 0.2) is 104 Å². The van der Waals surface area contributed by atoms with Gasteiger partial charge in [0.25, 0.3) is 5.56 Å². The minimum absolute atomic E-state index is 0.0132. The standard InChI is InChI=1S/C20H21Cl2N3OS.C18H18Cl2N4OS/c1-12(2)19(14-4-6-23-7-5-14)26-11-18-13(3)24-25-20(18)27-17-9-15(21)8-16(22)10-17;1-11(2)24-18(26-15-7-13(19)6-14(20)8-15)16(12(3)22-24)9-23-10-21-5-4-17(23)25/h4-10,12,19H,11H2,1-3H3,(H,24,25);4-8,10-11H,9H2,1-3H3. The first kappa shape index (κ1) is 40.9. The van der Waals surface area contributed by atoms with Gasteiger partial charge < -0.3 is 4.74 Å². The lowest BCUT2D eigenvalue weighted by atomic mass is 10.00. The molecule has 9 nitrogen and oxygen atoms in total. The van der Waals surface area contributed by atoms with E-state index in [-0.39, 0.29) is 17.7 Å². The minimum atomic E-state index is -0.0987. The Kier molecular flexibility index (Phi) is 14.5. The molecule has 0 radical (unpaired) electrons. The molecule has 0 saturated heterocycles. The van der Waals surface area contributed by atoms with Crippen LogP contribution in [0.1, 0.15) is 67.9 Å². The molecule has 0 bridgehead atoms. The van der Waals surface area contributed by atoms with Crippen LogP contribution in [0, 0.1) is 19.8 Å². The Morgan fingerprint density at radius 2 is 1.38 bits per heavy atom. The second-order valence-corrected chi connectivity index (χ2v) is 16.6. The van der Waals surface area contributed by atoms with E-state index in [0.717, 1.165) is 47.9 Å². The topological polar surface area (TPSA) is 104 Å². The van der Waals surface area contributed by atoms with E-state index in [2.05, 4.69) is 53.0 Å². The molecule has 1 atom stereocenters. The normalized spacial score (nSPS) is 11.9. The van der Waals surface area contributed by atoms with Crippen LogP contribution in [0.25, 0.3) is 0 Å². The molecule has 6 aromatic rings. The first-order valence-corrected chi connectivity index (χ1v) is 19.8. The van der Waals surface area contributed by atoms with Crippen LogP contribution >= 0.6 is 69.9 Å². The van der Waals surface area contributed by atoms with Crippen molar-refractivity contribution in [2.45, 2.75) is 86.7 Å². The van der Waals surface area contributed by atoms with E-state index in [9.17, 15) is 4.79 Å². The number of aromatic amines is 1. The number of ether oxygens (including phenoxy) is 1. The molecule has 278 valence electrons. The summed E-state index contributed by atoms with van der Waals surface area (Å²) in [5, 5.41) is 16.4. The van der Waals surface area contributed by atoms with Crippen LogP contribution < -0.4 is 5.56 Å². The molecule has 1 N–H and O–H groups in total. The fourth-order valence-corrected chi connectivity index (χ4v) is 8.96. The van der Waals surface area contributed by atoms with Crippen LogP contribution in [0.4, 0.5) is 0 Å². The highest BCUT2D eigenvalue weighted by Crippen LogP contribution is 2.38. The third kappa shape index (κ3) is 11.1. The molecule has 53 heavy (non-hydrogen) atoms. The van der Waals surface area contributed by atoms with Gasteiger partial charge in [0, 0.05) is 77.4 Å². The average molecular weight is 832 g/mol. The molecule has 0 fully saturated rings. The van der Waals surface area contributed by atoms with Crippen molar-refractivity contribution in [1.29, 1.82) is 0 Å². The highest BCUT2D eigenvalue weighted by atomic mass is 35.5. The summed E-state index contributed by atoms with van der Waals surface area (Å²) in [6.45, 7) is 13.3. The summed E-state index contributed by atoms with van der Waals surface area (Å²) in [7, 11) is 0.